The Kier molecular flexibility index (Phi) is 7.03. The van der Waals surface area contributed by atoms with Gasteiger partial charge in [0.15, 0.2) is 4.80 Å². The molecule has 9 heteroatoms. The third kappa shape index (κ3) is 4.07. The van der Waals surface area contributed by atoms with Gasteiger partial charge in [0.25, 0.3) is 11.5 Å². The number of esters is 1. The molecule has 0 aliphatic carbocycles. The van der Waals surface area contributed by atoms with E-state index in [-0.39, 0.29) is 18.1 Å². The molecule has 1 aromatic heterocycles. The van der Waals surface area contributed by atoms with Gasteiger partial charge in [-0.1, -0.05) is 55.0 Å². The quantitative estimate of drug-likeness (QED) is 0.437. The van der Waals surface area contributed by atoms with Crippen molar-refractivity contribution in [3.05, 3.63) is 90.6 Å². The van der Waals surface area contributed by atoms with Crippen LogP contribution in [0.2, 0.25) is 0 Å². The van der Waals surface area contributed by atoms with Crippen molar-refractivity contribution >= 4 is 34.5 Å². The van der Waals surface area contributed by atoms with E-state index in [4.69, 9.17) is 14.5 Å². The highest BCUT2D eigenvalue weighted by Crippen LogP contribution is 2.36. The first-order valence-electron chi connectivity index (χ1n) is 12.7. The lowest BCUT2D eigenvalue weighted by atomic mass is 9.94. The summed E-state index contributed by atoms with van der Waals surface area (Å²) in [5.74, 6) is -0.122. The number of allylic oxidation sites excluding steroid dienone is 1. The van der Waals surface area contributed by atoms with Gasteiger partial charge in [-0.15, -0.1) is 0 Å². The maximum absolute atomic E-state index is 14.2. The fraction of sp³-hybridized carbons (Fsp3) is 0.310. The van der Waals surface area contributed by atoms with Gasteiger partial charge in [-0.25, -0.2) is 9.79 Å². The van der Waals surface area contributed by atoms with E-state index in [1.54, 1.807) is 18.9 Å². The Morgan fingerprint density at radius 1 is 1.08 bits per heavy atom. The fourth-order valence-electron chi connectivity index (χ4n) is 5.11. The molecule has 0 fully saturated rings. The number of anilines is 1. The number of benzene rings is 2. The SMILES string of the molecule is CCCC1=C(C(=O)OCC)[C@H](c2cccc(OC)c2)n2c(s/c(=C3/C(=O)N(CC)c4ccccc43)c2=O)=N1. The Hall–Kier alpha value is -3.98. The van der Waals surface area contributed by atoms with Crippen LogP contribution in [0.25, 0.3) is 5.57 Å². The van der Waals surface area contributed by atoms with Crippen LogP contribution in [0.1, 0.15) is 50.8 Å². The van der Waals surface area contributed by atoms with E-state index in [2.05, 4.69) is 0 Å². The van der Waals surface area contributed by atoms with Crippen molar-refractivity contribution in [2.75, 3.05) is 25.2 Å². The summed E-state index contributed by atoms with van der Waals surface area (Å²) in [5, 5.41) is 0. The van der Waals surface area contributed by atoms with Crippen LogP contribution in [0.15, 0.2) is 69.6 Å². The number of para-hydroxylation sites is 1. The molecule has 5 rings (SSSR count). The van der Waals surface area contributed by atoms with Crippen molar-refractivity contribution in [3.8, 4) is 5.75 Å². The van der Waals surface area contributed by atoms with Gasteiger partial charge >= 0.3 is 5.97 Å². The molecule has 1 atom stereocenters. The number of carbonyl (C=O) groups excluding carboxylic acids is 2. The van der Waals surface area contributed by atoms with Crippen LogP contribution in [-0.4, -0.2) is 36.7 Å². The number of rotatable bonds is 7. The molecule has 3 aromatic rings. The van der Waals surface area contributed by atoms with E-state index >= 15 is 0 Å². The number of carbonyl (C=O) groups is 2. The summed E-state index contributed by atoms with van der Waals surface area (Å²) < 4.78 is 12.7. The number of fused-ring (bicyclic) bond motifs is 2. The van der Waals surface area contributed by atoms with Crippen LogP contribution in [0.4, 0.5) is 5.69 Å². The molecule has 0 saturated heterocycles. The third-order valence-corrected chi connectivity index (χ3v) is 7.80. The summed E-state index contributed by atoms with van der Waals surface area (Å²) in [6, 6.07) is 14.0. The number of thiazole rings is 1. The number of hydrogen-bond donors (Lipinski definition) is 0. The highest BCUT2D eigenvalue weighted by molar-refractivity contribution is 7.07. The lowest BCUT2D eigenvalue weighted by Crippen LogP contribution is -2.41. The minimum atomic E-state index is -0.773. The predicted octanol–water partition coefficient (Wildman–Crippen LogP) is 3.32. The second-order valence-electron chi connectivity index (χ2n) is 8.95. The minimum absolute atomic E-state index is 0.194. The van der Waals surface area contributed by atoms with Crippen LogP contribution in [-0.2, 0) is 14.3 Å². The van der Waals surface area contributed by atoms with Gasteiger partial charge in [0.05, 0.1) is 42.3 Å². The van der Waals surface area contributed by atoms with Crippen molar-refractivity contribution in [1.29, 1.82) is 0 Å². The Labute approximate surface area is 224 Å². The molecule has 3 heterocycles. The van der Waals surface area contributed by atoms with Crippen LogP contribution >= 0.6 is 11.3 Å². The maximum Gasteiger partial charge on any atom is 0.338 e. The van der Waals surface area contributed by atoms with E-state index in [9.17, 15) is 14.4 Å². The zero-order valence-electron chi connectivity index (χ0n) is 21.8. The molecular formula is C29H29N3O5S. The lowest BCUT2D eigenvalue weighted by molar-refractivity contribution is -0.139. The first kappa shape index (κ1) is 25.7. The molecule has 1 amide bonds. The molecule has 196 valence electrons. The van der Waals surface area contributed by atoms with Crippen molar-refractivity contribution < 1.29 is 19.1 Å². The Balaban J connectivity index is 1.86. The zero-order chi connectivity index (χ0) is 27.0. The molecule has 0 N–H and O–H groups in total. The molecule has 0 spiro atoms. The van der Waals surface area contributed by atoms with Gasteiger partial charge in [0.1, 0.15) is 10.3 Å². The molecule has 0 unspecified atom stereocenters. The van der Waals surface area contributed by atoms with Crippen molar-refractivity contribution in [1.82, 2.24) is 4.57 Å². The summed E-state index contributed by atoms with van der Waals surface area (Å²) in [5.41, 5.74) is 3.12. The molecule has 2 aliphatic rings. The monoisotopic (exact) mass is 531 g/mol. The van der Waals surface area contributed by atoms with Crippen LogP contribution < -0.4 is 24.5 Å². The van der Waals surface area contributed by atoms with E-state index in [1.165, 1.54) is 15.9 Å². The molecule has 8 nitrogen and oxygen atoms in total. The summed E-state index contributed by atoms with van der Waals surface area (Å²) in [7, 11) is 1.57. The molecule has 2 aliphatic heterocycles. The summed E-state index contributed by atoms with van der Waals surface area (Å²) >= 11 is 1.19. The standard InChI is InChI=1S/C29H29N3O5S/c1-5-11-20-23(28(35)37-7-3)24(17-12-10-13-18(16-17)36-4)32-27(34)25(38-29(32)30-20)22-19-14-8-9-15-21(19)31(6-2)26(22)33/h8-10,12-16,24H,5-7,11H2,1-4H3/b25-22+/t24-/m0/s1. The molecule has 0 saturated carbocycles. The van der Waals surface area contributed by atoms with Crippen molar-refractivity contribution in [3.63, 3.8) is 0 Å². The lowest BCUT2D eigenvalue weighted by Gasteiger charge is -2.26. The largest absolute Gasteiger partial charge is 0.497 e. The second-order valence-corrected chi connectivity index (χ2v) is 9.93. The average Bonchev–Trinajstić information content (AvgIpc) is 3.40. The minimum Gasteiger partial charge on any atom is -0.497 e. The summed E-state index contributed by atoms with van der Waals surface area (Å²) in [6.45, 7) is 6.34. The van der Waals surface area contributed by atoms with Gasteiger partial charge in [-0.3, -0.25) is 14.2 Å². The van der Waals surface area contributed by atoms with Gasteiger partial charge in [0, 0.05) is 12.1 Å². The molecule has 0 bridgehead atoms. The van der Waals surface area contributed by atoms with Crippen LogP contribution in [0.3, 0.4) is 0 Å². The molecular weight excluding hydrogens is 502 g/mol. The van der Waals surface area contributed by atoms with Crippen LogP contribution in [0.5, 0.6) is 5.75 Å². The number of amides is 1. The molecule has 38 heavy (non-hydrogen) atoms. The first-order valence-corrected chi connectivity index (χ1v) is 13.6. The number of likely N-dealkylation sites (N-methyl/N-ethyl adjacent to an activating group) is 1. The maximum atomic E-state index is 14.2. The number of nitrogens with zero attached hydrogens (tertiary/aromatic N) is 3. The van der Waals surface area contributed by atoms with Gasteiger partial charge in [-0.05, 0) is 44.0 Å². The Morgan fingerprint density at radius 3 is 2.58 bits per heavy atom. The third-order valence-electron chi connectivity index (χ3n) is 6.74. The highest BCUT2D eigenvalue weighted by Gasteiger charge is 2.37. The normalized spacial score (nSPS) is 17.7. The second kappa shape index (κ2) is 10.4. The smallest absolute Gasteiger partial charge is 0.338 e. The van der Waals surface area contributed by atoms with E-state index in [0.717, 1.165) is 17.7 Å². The van der Waals surface area contributed by atoms with E-state index in [0.29, 0.717) is 50.5 Å². The predicted molar refractivity (Wildman–Crippen MR) is 146 cm³/mol. The Morgan fingerprint density at radius 2 is 1.87 bits per heavy atom. The first-order chi connectivity index (χ1) is 18.4. The van der Waals surface area contributed by atoms with Gasteiger partial charge < -0.3 is 14.4 Å². The molecule has 2 aromatic carbocycles. The van der Waals surface area contributed by atoms with Crippen LogP contribution in [0, 0.1) is 0 Å². The Bertz CT molecular complexity index is 1650. The summed E-state index contributed by atoms with van der Waals surface area (Å²) in [6.07, 6.45) is 1.29. The number of ether oxygens (including phenoxy) is 2. The van der Waals surface area contributed by atoms with Crippen molar-refractivity contribution in [2.45, 2.75) is 39.7 Å². The van der Waals surface area contributed by atoms with Gasteiger partial charge in [0.2, 0.25) is 0 Å². The van der Waals surface area contributed by atoms with Gasteiger partial charge in [-0.2, -0.15) is 0 Å². The topological polar surface area (TPSA) is 90.2 Å². The number of methoxy groups -OCH3 is 1. The number of hydrogen-bond acceptors (Lipinski definition) is 7. The zero-order valence-corrected chi connectivity index (χ0v) is 22.6. The average molecular weight is 532 g/mol. The number of aromatic nitrogens is 1. The highest BCUT2D eigenvalue weighted by atomic mass is 32.1. The van der Waals surface area contributed by atoms with E-state index < -0.39 is 12.0 Å². The fourth-order valence-corrected chi connectivity index (χ4v) is 6.22. The van der Waals surface area contributed by atoms with E-state index in [1.807, 2.05) is 62.4 Å². The molecule has 0 radical (unpaired) electrons. The summed E-state index contributed by atoms with van der Waals surface area (Å²) in [4.78, 5) is 48.0. The van der Waals surface area contributed by atoms with Crippen molar-refractivity contribution in [2.24, 2.45) is 4.99 Å².